The number of nitrogens with zero attached hydrogens (tertiary/aromatic N) is 3. The molecule has 3 aliphatic rings. The van der Waals surface area contributed by atoms with Gasteiger partial charge in [-0.1, -0.05) is 11.8 Å². The van der Waals surface area contributed by atoms with E-state index in [1.165, 1.54) is 78.7 Å². The molecule has 166 valence electrons. The number of hydrogen-bond acceptors (Lipinski definition) is 5. The van der Waals surface area contributed by atoms with Crippen molar-refractivity contribution in [2.45, 2.75) is 55.4 Å². The van der Waals surface area contributed by atoms with Gasteiger partial charge in [0.15, 0.2) is 0 Å². The fourth-order valence-corrected chi connectivity index (χ4v) is 6.85. The molecule has 1 spiro atoms. The molecule has 0 atom stereocenters. The van der Waals surface area contributed by atoms with E-state index in [-0.39, 0.29) is 0 Å². The Bertz CT molecular complexity index is 952. The van der Waals surface area contributed by atoms with E-state index >= 15 is 0 Å². The molecule has 0 radical (unpaired) electrons. The summed E-state index contributed by atoms with van der Waals surface area (Å²) in [4.78, 5) is 10.2. The number of anilines is 3. The number of fused-ring (bicyclic) bond motifs is 2. The average molecular weight is 438 g/mol. The Hall–Kier alpha value is -1.85. The van der Waals surface area contributed by atoms with Gasteiger partial charge in [0, 0.05) is 41.7 Å². The Kier molecular flexibility index (Phi) is 5.59. The smallest absolute Gasteiger partial charge is 0.120 e. The van der Waals surface area contributed by atoms with Crippen LogP contribution in [0, 0.1) is 5.41 Å². The van der Waals surface area contributed by atoms with Crippen LogP contribution in [0.25, 0.3) is 0 Å². The zero-order valence-electron chi connectivity index (χ0n) is 19.4. The van der Waals surface area contributed by atoms with E-state index in [1.807, 2.05) is 17.8 Å². The molecular formula is C26H35N3OS. The van der Waals surface area contributed by atoms with Crippen molar-refractivity contribution < 1.29 is 4.74 Å². The number of benzene rings is 2. The normalized spacial score (nSPS) is 20.7. The molecule has 2 aromatic carbocycles. The molecule has 5 heteroatoms. The highest BCUT2D eigenvalue weighted by Crippen LogP contribution is 2.50. The van der Waals surface area contributed by atoms with Crippen molar-refractivity contribution in [1.29, 1.82) is 0 Å². The van der Waals surface area contributed by atoms with E-state index in [2.05, 4.69) is 65.9 Å². The molecule has 4 nitrogen and oxygen atoms in total. The van der Waals surface area contributed by atoms with Gasteiger partial charge in [0.25, 0.3) is 0 Å². The lowest BCUT2D eigenvalue weighted by Gasteiger charge is -2.49. The molecule has 0 aromatic heterocycles. The fourth-order valence-electron chi connectivity index (χ4n) is 5.64. The highest BCUT2D eigenvalue weighted by molar-refractivity contribution is 7.99. The largest absolute Gasteiger partial charge is 0.497 e. The summed E-state index contributed by atoms with van der Waals surface area (Å²) in [5.74, 6) is 0.921. The third-order valence-corrected chi connectivity index (χ3v) is 8.76. The Morgan fingerprint density at radius 3 is 2.35 bits per heavy atom. The zero-order valence-corrected chi connectivity index (χ0v) is 20.2. The van der Waals surface area contributed by atoms with Gasteiger partial charge in [-0.15, -0.1) is 0 Å². The Morgan fingerprint density at radius 1 is 0.935 bits per heavy atom. The summed E-state index contributed by atoms with van der Waals surface area (Å²) in [5.41, 5.74) is 4.43. The van der Waals surface area contributed by atoms with Crippen LogP contribution in [-0.4, -0.2) is 51.3 Å². The predicted molar refractivity (Wildman–Crippen MR) is 131 cm³/mol. The minimum atomic E-state index is 0.503. The van der Waals surface area contributed by atoms with Crippen molar-refractivity contribution in [3.05, 3.63) is 36.4 Å². The van der Waals surface area contributed by atoms with Gasteiger partial charge in [-0.2, -0.15) is 0 Å². The van der Waals surface area contributed by atoms with Crippen LogP contribution in [0.5, 0.6) is 5.75 Å². The van der Waals surface area contributed by atoms with Crippen molar-refractivity contribution in [1.82, 2.24) is 4.90 Å². The molecule has 0 unspecified atom stereocenters. The maximum absolute atomic E-state index is 5.46. The van der Waals surface area contributed by atoms with Crippen LogP contribution in [0.3, 0.4) is 0 Å². The maximum atomic E-state index is 5.46. The number of hydrogen-bond donors (Lipinski definition) is 0. The average Bonchev–Trinajstić information content (AvgIpc) is 2.79. The molecule has 0 aliphatic carbocycles. The molecule has 3 heterocycles. The van der Waals surface area contributed by atoms with E-state index in [4.69, 9.17) is 4.74 Å². The van der Waals surface area contributed by atoms with Crippen molar-refractivity contribution >= 4 is 28.8 Å². The van der Waals surface area contributed by atoms with Gasteiger partial charge in [0.2, 0.25) is 0 Å². The maximum Gasteiger partial charge on any atom is 0.120 e. The second-order valence-corrected chi connectivity index (χ2v) is 10.9. The van der Waals surface area contributed by atoms with Crippen LogP contribution < -0.4 is 14.5 Å². The molecule has 31 heavy (non-hydrogen) atoms. The number of likely N-dealkylation sites (tertiary alicyclic amines) is 1. The summed E-state index contributed by atoms with van der Waals surface area (Å²) in [6.07, 6.45) is 5.39. The van der Waals surface area contributed by atoms with Gasteiger partial charge in [-0.05, 0) is 94.4 Å². The van der Waals surface area contributed by atoms with Crippen molar-refractivity contribution in [2.75, 3.05) is 50.1 Å². The number of methoxy groups -OCH3 is 1. The van der Waals surface area contributed by atoms with Gasteiger partial charge < -0.3 is 19.4 Å². The third-order valence-electron chi connectivity index (χ3n) is 7.67. The van der Waals surface area contributed by atoms with Crippen LogP contribution in [0.15, 0.2) is 46.2 Å². The van der Waals surface area contributed by atoms with Gasteiger partial charge in [-0.25, -0.2) is 0 Å². The molecule has 0 N–H and O–H groups in total. The van der Waals surface area contributed by atoms with E-state index in [9.17, 15) is 0 Å². The predicted octanol–water partition coefficient (Wildman–Crippen LogP) is 6.02. The highest BCUT2D eigenvalue weighted by atomic mass is 32.2. The van der Waals surface area contributed by atoms with Crippen molar-refractivity contribution in [3.63, 3.8) is 0 Å². The lowest BCUT2D eigenvalue weighted by Crippen LogP contribution is -2.50. The first-order valence-electron chi connectivity index (χ1n) is 11.7. The minimum absolute atomic E-state index is 0.503. The number of ether oxygens (including phenoxy) is 1. The van der Waals surface area contributed by atoms with E-state index < -0.39 is 0 Å². The van der Waals surface area contributed by atoms with E-state index in [1.54, 1.807) is 7.11 Å². The van der Waals surface area contributed by atoms with Crippen LogP contribution >= 0.6 is 11.8 Å². The standard InChI is InChI=1S/C26H35N3OS/c1-19(2)28-14-11-26(12-15-28)10-5-13-29(18-26)20-6-8-22-24(16-20)31-25-17-21(30-4)7-9-23(25)27(22)3/h6-9,16-17,19H,5,10-15,18H2,1-4H3. The molecule has 5 rings (SSSR count). The van der Waals surface area contributed by atoms with E-state index in [0.717, 1.165) is 5.75 Å². The molecule has 2 aromatic rings. The van der Waals surface area contributed by atoms with Gasteiger partial charge >= 0.3 is 0 Å². The second-order valence-electron chi connectivity index (χ2n) is 9.80. The second kappa shape index (κ2) is 8.25. The van der Waals surface area contributed by atoms with Crippen molar-refractivity contribution in [3.8, 4) is 5.75 Å². The summed E-state index contributed by atoms with van der Waals surface area (Å²) >= 11 is 1.87. The molecule has 3 aliphatic heterocycles. The van der Waals surface area contributed by atoms with Gasteiger partial charge in [0.05, 0.1) is 18.5 Å². The van der Waals surface area contributed by atoms with Gasteiger partial charge in [0.1, 0.15) is 5.75 Å². The summed E-state index contributed by atoms with van der Waals surface area (Å²) in [6, 6.07) is 14.1. The highest BCUT2D eigenvalue weighted by Gasteiger charge is 2.39. The van der Waals surface area contributed by atoms with Crippen LogP contribution in [0.4, 0.5) is 17.1 Å². The molecular weight excluding hydrogens is 402 g/mol. The summed E-state index contributed by atoms with van der Waals surface area (Å²) < 4.78 is 5.46. The molecule has 2 saturated heterocycles. The Labute approximate surface area is 191 Å². The summed E-state index contributed by atoms with van der Waals surface area (Å²) in [5, 5.41) is 0. The lowest BCUT2D eigenvalue weighted by molar-refractivity contribution is 0.0703. The first kappa shape index (κ1) is 21.0. The zero-order chi connectivity index (χ0) is 21.6. The molecule has 0 amide bonds. The first-order valence-corrected chi connectivity index (χ1v) is 12.5. The minimum Gasteiger partial charge on any atom is -0.497 e. The fraction of sp³-hybridized carbons (Fsp3) is 0.538. The topological polar surface area (TPSA) is 19.0 Å². The van der Waals surface area contributed by atoms with Crippen molar-refractivity contribution in [2.24, 2.45) is 5.41 Å². The monoisotopic (exact) mass is 437 g/mol. The first-order chi connectivity index (χ1) is 15.0. The quantitative estimate of drug-likeness (QED) is 0.583. The van der Waals surface area contributed by atoms with Crippen LogP contribution in [0.1, 0.15) is 39.5 Å². The Morgan fingerprint density at radius 2 is 1.65 bits per heavy atom. The molecule has 2 fully saturated rings. The molecule has 0 bridgehead atoms. The van der Waals surface area contributed by atoms with E-state index in [0.29, 0.717) is 11.5 Å². The summed E-state index contributed by atoms with van der Waals surface area (Å²) in [7, 11) is 3.91. The number of piperidine rings is 2. The van der Waals surface area contributed by atoms with Crippen LogP contribution in [0.2, 0.25) is 0 Å². The lowest BCUT2D eigenvalue weighted by atomic mass is 9.72. The summed E-state index contributed by atoms with van der Waals surface area (Å²) in [6.45, 7) is 9.58. The Balaban J connectivity index is 1.36. The SMILES string of the molecule is COc1ccc2c(c1)Sc1cc(N3CCCC4(CCN(C(C)C)CC4)C3)ccc1N2C. The van der Waals surface area contributed by atoms with Gasteiger partial charge in [-0.3, -0.25) is 0 Å². The number of rotatable bonds is 3. The third kappa shape index (κ3) is 3.91. The molecule has 0 saturated carbocycles. The van der Waals surface area contributed by atoms with Crippen LogP contribution in [-0.2, 0) is 0 Å².